The van der Waals surface area contributed by atoms with Crippen LogP contribution in [0.15, 0.2) is 0 Å². The van der Waals surface area contributed by atoms with Crippen LogP contribution in [0.5, 0.6) is 0 Å². The Morgan fingerprint density at radius 1 is 0.226 bits per heavy atom. The molecule has 23 atom stereocenters. The van der Waals surface area contributed by atoms with Crippen molar-refractivity contribution in [3.63, 3.8) is 0 Å². The minimum absolute atomic E-state index is 0.465. The first-order valence-corrected chi connectivity index (χ1v) is 45.4. The van der Waals surface area contributed by atoms with Crippen LogP contribution in [0.2, 0.25) is 17.5 Å². The second-order valence-corrected chi connectivity index (χ2v) is 41.8. The summed E-state index contributed by atoms with van der Waals surface area (Å²) in [6.07, 6.45) is 86.4. The lowest BCUT2D eigenvalue weighted by molar-refractivity contribution is -0.161. The summed E-state index contributed by atoms with van der Waals surface area (Å²) in [6, 6.07) is 5.37. The molecule has 0 spiro atoms. The van der Waals surface area contributed by atoms with Crippen LogP contribution in [0.4, 0.5) is 0 Å². The molecule has 16 saturated carbocycles. The van der Waals surface area contributed by atoms with E-state index in [1.807, 2.05) is 0 Å². The fourth-order valence-electron chi connectivity index (χ4n) is 34.6. The summed E-state index contributed by atoms with van der Waals surface area (Å²) >= 11 is 0. The standard InChI is InChI=1S/C90H149BN2/c1-90(2,3)68-48-44-59(45-49-68)67-56-83-87-84(57-67)93(89-72(62-30-15-7-16-31-62)38-22-39-73(89)63-32-17-8-18-33-63)82-55-66(69-50-51-78-76-41-20-35-64-34-19-40-75(85(64)76)77-43-23-42-74(69)86(77)78)46-52-79(82)91(87)80-54-65(58-24-9-4-10-25-58)47-53-81(80)92(83)88-70(60-26-11-5-12-27-60)36-21-37-71(88)61-28-13-6-14-29-61/h58-89H,4-57H2,1-3H3. The topological polar surface area (TPSA) is 6.48 Å². The fourth-order valence-corrected chi connectivity index (χ4v) is 34.6. The third-order valence-electron chi connectivity index (χ3n) is 37.8. The molecular formula is C90H149BN2. The van der Waals surface area contributed by atoms with Gasteiger partial charge < -0.3 is 0 Å². The van der Waals surface area contributed by atoms with Gasteiger partial charge in [-0.1, -0.05) is 245 Å². The Labute approximate surface area is 575 Å². The molecule has 2 nitrogen and oxygen atoms in total. The molecule has 0 amide bonds. The Kier molecular flexibility index (Phi) is 19.6. The van der Waals surface area contributed by atoms with Gasteiger partial charge in [-0.05, 0) is 281 Å². The number of nitrogens with zero attached hydrogens (tertiary/aromatic N) is 2. The Morgan fingerprint density at radius 3 is 1.09 bits per heavy atom. The monoisotopic (exact) mass is 1270 g/mol. The molecule has 18 fully saturated rings. The summed E-state index contributed by atoms with van der Waals surface area (Å²) in [7, 11) is 0. The summed E-state index contributed by atoms with van der Waals surface area (Å²) in [5.41, 5.74) is 0.465. The maximum atomic E-state index is 4.01. The van der Waals surface area contributed by atoms with E-state index in [4.69, 9.17) is 0 Å². The van der Waals surface area contributed by atoms with E-state index in [1.165, 1.54) is 0 Å². The quantitative estimate of drug-likeness (QED) is 0.212. The predicted octanol–water partition coefficient (Wildman–Crippen LogP) is 24.9. The first-order chi connectivity index (χ1) is 45.8. The largest absolute Gasteiger partial charge is 0.295 e. The molecule has 2 saturated heterocycles. The van der Waals surface area contributed by atoms with Crippen LogP contribution in [-0.2, 0) is 0 Å². The highest BCUT2D eigenvalue weighted by Crippen LogP contribution is 2.71. The highest BCUT2D eigenvalue weighted by atomic mass is 15.3. The van der Waals surface area contributed by atoms with Crippen molar-refractivity contribution in [3.05, 3.63) is 0 Å². The molecule has 18 rings (SSSR count). The number of rotatable bonds is 9. The van der Waals surface area contributed by atoms with Gasteiger partial charge in [-0.15, -0.1) is 0 Å². The normalized spacial score (nSPS) is 50.4. The smallest absolute Gasteiger partial charge is 0.156 e. The van der Waals surface area contributed by atoms with Gasteiger partial charge in [0.05, 0.1) is 0 Å². The molecule has 522 valence electrons. The zero-order valence-corrected chi connectivity index (χ0v) is 61.6. The SMILES string of the molecule is CC(C)(C)C1CCC(C2CC3C4B(C5CC(C6CCCCC6)CCC5N3C3C(C5CCCCC5)CCCC3C3CCCCC3)C3CCC(C5CCC6C7CCCC8CCCC(C9CCCC5C96)C87)CC3N(C3C(C5CCCCC5)CCCC3C3CCCCC3)C4C2)CC1. The highest BCUT2D eigenvalue weighted by Gasteiger charge is 2.69. The number of fused-ring (bicyclic) bond motifs is 6. The van der Waals surface area contributed by atoms with E-state index in [1.54, 1.807) is 347 Å². The van der Waals surface area contributed by atoms with Gasteiger partial charge in [0.25, 0.3) is 0 Å². The van der Waals surface area contributed by atoms with Gasteiger partial charge in [-0.3, -0.25) is 9.80 Å². The van der Waals surface area contributed by atoms with Crippen molar-refractivity contribution in [2.24, 2.45) is 142 Å². The van der Waals surface area contributed by atoms with Gasteiger partial charge in [-0.2, -0.15) is 0 Å². The summed E-state index contributed by atoms with van der Waals surface area (Å²) in [5.74, 6) is 27.1. The van der Waals surface area contributed by atoms with Crippen LogP contribution in [0.1, 0.15) is 367 Å². The van der Waals surface area contributed by atoms with Crippen molar-refractivity contribution in [2.45, 2.75) is 421 Å². The maximum absolute atomic E-state index is 4.01. The molecule has 23 unspecified atom stereocenters. The van der Waals surface area contributed by atoms with Gasteiger partial charge in [0, 0.05) is 36.3 Å². The van der Waals surface area contributed by atoms with Crippen LogP contribution in [0, 0.1) is 142 Å². The molecule has 18 aliphatic rings. The summed E-state index contributed by atoms with van der Waals surface area (Å²) < 4.78 is 0. The van der Waals surface area contributed by atoms with Crippen LogP contribution in [0.25, 0.3) is 0 Å². The van der Waals surface area contributed by atoms with Crippen molar-refractivity contribution < 1.29 is 0 Å². The van der Waals surface area contributed by atoms with Crippen molar-refractivity contribution in [3.8, 4) is 0 Å². The summed E-state index contributed by atoms with van der Waals surface area (Å²) in [4.78, 5) is 7.94. The van der Waals surface area contributed by atoms with Crippen molar-refractivity contribution in [1.82, 2.24) is 9.80 Å². The Morgan fingerprint density at radius 2 is 0.591 bits per heavy atom. The molecule has 16 aliphatic carbocycles. The minimum Gasteiger partial charge on any atom is -0.295 e. The molecule has 93 heavy (non-hydrogen) atoms. The first kappa shape index (κ1) is 65.0. The van der Waals surface area contributed by atoms with Gasteiger partial charge in [0.15, 0.2) is 6.71 Å². The lowest BCUT2D eigenvalue weighted by Crippen LogP contribution is -2.77. The van der Waals surface area contributed by atoms with Crippen molar-refractivity contribution in [2.75, 3.05) is 0 Å². The molecule has 0 aromatic rings. The minimum atomic E-state index is 0.465. The molecule has 0 radical (unpaired) electrons. The molecule has 0 bridgehead atoms. The van der Waals surface area contributed by atoms with E-state index in [-0.39, 0.29) is 0 Å². The van der Waals surface area contributed by atoms with Crippen molar-refractivity contribution in [1.29, 1.82) is 0 Å². The van der Waals surface area contributed by atoms with E-state index in [9.17, 15) is 0 Å². The number of hydrogen-bond acceptors (Lipinski definition) is 2. The second kappa shape index (κ2) is 28.0. The van der Waals surface area contributed by atoms with Crippen LogP contribution < -0.4 is 0 Å². The molecule has 0 aromatic carbocycles. The van der Waals surface area contributed by atoms with Gasteiger partial charge in [0.2, 0.25) is 0 Å². The molecule has 0 N–H and O–H groups in total. The van der Waals surface area contributed by atoms with Crippen molar-refractivity contribution >= 4 is 6.71 Å². The van der Waals surface area contributed by atoms with E-state index in [0.29, 0.717) is 5.41 Å². The van der Waals surface area contributed by atoms with Gasteiger partial charge in [-0.25, -0.2) is 0 Å². The van der Waals surface area contributed by atoms with E-state index in [2.05, 4.69) is 30.6 Å². The average Bonchev–Trinajstić information content (AvgIpc) is 0.702. The highest BCUT2D eigenvalue weighted by molar-refractivity contribution is 6.65. The maximum Gasteiger partial charge on any atom is 0.156 e. The first-order valence-electron chi connectivity index (χ1n) is 45.4. The Bertz CT molecular complexity index is 2330. The molecule has 3 heteroatoms. The molecular weight excluding hydrogens is 1120 g/mol. The van der Waals surface area contributed by atoms with E-state index in [0.717, 1.165) is 197 Å². The van der Waals surface area contributed by atoms with E-state index < -0.39 is 0 Å². The van der Waals surface area contributed by atoms with E-state index >= 15 is 0 Å². The number of hydrogen-bond donors (Lipinski definition) is 0. The molecule has 2 heterocycles. The third-order valence-corrected chi connectivity index (χ3v) is 37.8. The van der Waals surface area contributed by atoms with Crippen LogP contribution >= 0.6 is 0 Å². The second-order valence-electron chi connectivity index (χ2n) is 41.8. The average molecular weight is 1270 g/mol. The Balaban J connectivity index is 0.793. The zero-order valence-electron chi connectivity index (χ0n) is 61.6. The molecule has 2 aliphatic heterocycles. The predicted molar refractivity (Wildman–Crippen MR) is 392 cm³/mol. The zero-order chi connectivity index (χ0) is 61.9. The Hall–Kier alpha value is -0.0151. The van der Waals surface area contributed by atoms with Crippen LogP contribution in [0.3, 0.4) is 0 Å². The summed E-state index contributed by atoms with van der Waals surface area (Å²) in [5, 5.41) is 0. The lowest BCUT2D eigenvalue weighted by atomic mass is 9.18. The lowest BCUT2D eigenvalue weighted by Gasteiger charge is -2.72. The summed E-state index contributed by atoms with van der Waals surface area (Å²) in [6.45, 7) is 8.96. The molecule has 0 aromatic heterocycles. The van der Waals surface area contributed by atoms with Crippen LogP contribution in [-0.4, -0.2) is 52.8 Å². The van der Waals surface area contributed by atoms with Gasteiger partial charge in [0.1, 0.15) is 0 Å². The fraction of sp³-hybridized carbons (Fsp3) is 1.00. The van der Waals surface area contributed by atoms with Gasteiger partial charge >= 0.3 is 0 Å². The third kappa shape index (κ3) is 12.0.